The summed E-state index contributed by atoms with van der Waals surface area (Å²) in [6.07, 6.45) is 1.09. The van der Waals surface area contributed by atoms with Gasteiger partial charge in [0.05, 0.1) is 5.69 Å². The lowest BCUT2D eigenvalue weighted by molar-refractivity contribution is 0.0690. The molecular formula is C13H22N4O2. The maximum atomic E-state index is 10.8. The van der Waals surface area contributed by atoms with E-state index in [9.17, 15) is 4.79 Å². The Morgan fingerprint density at radius 1 is 1.58 bits per heavy atom. The van der Waals surface area contributed by atoms with Gasteiger partial charge in [-0.05, 0) is 32.5 Å². The summed E-state index contributed by atoms with van der Waals surface area (Å²) in [5, 5.41) is 12.0. The zero-order valence-electron chi connectivity index (χ0n) is 11.7. The van der Waals surface area contributed by atoms with Gasteiger partial charge in [-0.3, -0.25) is 0 Å². The van der Waals surface area contributed by atoms with Crippen molar-refractivity contribution < 1.29 is 9.90 Å². The van der Waals surface area contributed by atoms with Crippen LogP contribution in [0, 0.1) is 0 Å². The van der Waals surface area contributed by atoms with Crippen LogP contribution in [0.1, 0.15) is 30.8 Å². The van der Waals surface area contributed by atoms with Crippen LogP contribution in [0.5, 0.6) is 0 Å². The molecule has 0 spiro atoms. The first-order chi connectivity index (χ1) is 8.95. The van der Waals surface area contributed by atoms with Crippen LogP contribution >= 0.6 is 0 Å². The number of anilines is 2. The molecule has 0 radical (unpaired) electrons. The fourth-order valence-corrected chi connectivity index (χ4v) is 1.61. The number of likely N-dealkylation sites (N-methyl/N-ethyl adjacent to an activating group) is 1. The van der Waals surface area contributed by atoms with Gasteiger partial charge >= 0.3 is 5.97 Å². The fourth-order valence-electron chi connectivity index (χ4n) is 1.61. The Kier molecular flexibility index (Phi) is 5.57. The minimum absolute atomic E-state index is 0.00743. The van der Waals surface area contributed by atoms with E-state index >= 15 is 0 Å². The van der Waals surface area contributed by atoms with Crippen LogP contribution in [0.15, 0.2) is 12.1 Å². The van der Waals surface area contributed by atoms with Gasteiger partial charge in [0.25, 0.3) is 0 Å². The third-order valence-corrected chi connectivity index (χ3v) is 3.25. The molecule has 0 aliphatic rings. The van der Waals surface area contributed by atoms with E-state index in [4.69, 9.17) is 10.8 Å². The average molecular weight is 266 g/mol. The first kappa shape index (κ1) is 15.2. The van der Waals surface area contributed by atoms with Crippen LogP contribution in [0.3, 0.4) is 0 Å². The molecule has 1 unspecified atom stereocenters. The van der Waals surface area contributed by atoms with Crippen LogP contribution in [0.25, 0.3) is 0 Å². The van der Waals surface area contributed by atoms with Gasteiger partial charge in [-0.2, -0.15) is 0 Å². The fraction of sp³-hybridized carbons (Fsp3) is 0.538. The summed E-state index contributed by atoms with van der Waals surface area (Å²) >= 11 is 0. The minimum Gasteiger partial charge on any atom is -0.477 e. The second-order valence-corrected chi connectivity index (χ2v) is 4.60. The highest BCUT2D eigenvalue weighted by Crippen LogP contribution is 2.15. The number of nitrogens with two attached hydrogens (primary N) is 1. The molecule has 106 valence electrons. The van der Waals surface area contributed by atoms with Gasteiger partial charge in [0.15, 0.2) is 5.69 Å². The number of hydrogen-bond donors (Lipinski definition) is 3. The molecule has 1 atom stereocenters. The quantitative estimate of drug-likeness (QED) is 0.693. The van der Waals surface area contributed by atoms with Crippen molar-refractivity contribution in [2.24, 2.45) is 0 Å². The highest BCUT2D eigenvalue weighted by atomic mass is 16.4. The number of carbonyl (C=O) groups is 1. The van der Waals surface area contributed by atoms with Crippen LogP contribution in [-0.2, 0) is 0 Å². The summed E-state index contributed by atoms with van der Waals surface area (Å²) in [5.41, 5.74) is 6.21. The van der Waals surface area contributed by atoms with Crippen molar-refractivity contribution in [3.05, 3.63) is 17.8 Å². The van der Waals surface area contributed by atoms with Crippen molar-refractivity contribution in [3.8, 4) is 0 Å². The van der Waals surface area contributed by atoms with Crippen LogP contribution in [0.4, 0.5) is 11.5 Å². The van der Waals surface area contributed by atoms with E-state index in [1.165, 1.54) is 6.07 Å². The van der Waals surface area contributed by atoms with Crippen LogP contribution < -0.4 is 11.1 Å². The summed E-state index contributed by atoms with van der Waals surface area (Å²) in [7, 11) is 2.06. The molecule has 6 nitrogen and oxygen atoms in total. The molecule has 0 aliphatic carbocycles. The van der Waals surface area contributed by atoms with Crippen LogP contribution in [0.2, 0.25) is 0 Å². The third-order valence-electron chi connectivity index (χ3n) is 3.25. The van der Waals surface area contributed by atoms with Gasteiger partial charge in [-0.15, -0.1) is 0 Å². The second kappa shape index (κ2) is 6.94. The van der Waals surface area contributed by atoms with Gasteiger partial charge in [0, 0.05) is 19.1 Å². The normalized spacial score (nSPS) is 12.4. The smallest absolute Gasteiger partial charge is 0.354 e. The van der Waals surface area contributed by atoms with E-state index in [1.807, 2.05) is 0 Å². The highest BCUT2D eigenvalue weighted by Gasteiger charge is 2.09. The Morgan fingerprint density at radius 2 is 2.26 bits per heavy atom. The number of nitrogens with zero attached hydrogens (tertiary/aromatic N) is 2. The Labute approximate surface area is 113 Å². The van der Waals surface area contributed by atoms with Crippen LogP contribution in [-0.4, -0.2) is 47.1 Å². The number of nitrogen functional groups attached to an aromatic ring is 1. The number of nitrogens with one attached hydrogen (secondary N) is 1. The average Bonchev–Trinajstić information content (AvgIpc) is 2.39. The third kappa shape index (κ3) is 4.40. The molecule has 0 fully saturated rings. The molecule has 0 bridgehead atoms. The van der Waals surface area contributed by atoms with E-state index in [-0.39, 0.29) is 5.69 Å². The van der Waals surface area contributed by atoms with E-state index in [1.54, 1.807) is 6.07 Å². The van der Waals surface area contributed by atoms with E-state index in [0.29, 0.717) is 24.1 Å². The van der Waals surface area contributed by atoms with Crippen molar-refractivity contribution >= 4 is 17.5 Å². The molecule has 19 heavy (non-hydrogen) atoms. The first-order valence-electron chi connectivity index (χ1n) is 6.39. The van der Waals surface area contributed by atoms with Crippen molar-refractivity contribution in [3.63, 3.8) is 0 Å². The number of carboxylic acid groups (broad SMARTS) is 1. The standard InChI is InChI=1S/C13H22N4O2/c1-4-9(2)17(3)8-7-15-12-10(14)5-6-11(16-12)13(18)19/h5-6,9H,4,7-8,14H2,1-3H3,(H,15,16)(H,18,19). The molecule has 4 N–H and O–H groups in total. The molecule has 0 saturated heterocycles. The topological polar surface area (TPSA) is 91.5 Å². The zero-order chi connectivity index (χ0) is 14.4. The van der Waals surface area contributed by atoms with E-state index in [2.05, 4.69) is 36.1 Å². The summed E-state index contributed by atoms with van der Waals surface area (Å²) in [5.74, 6) is -0.628. The zero-order valence-corrected chi connectivity index (χ0v) is 11.7. The van der Waals surface area contributed by atoms with Gasteiger partial charge in [0.2, 0.25) is 0 Å². The molecule has 6 heteroatoms. The lowest BCUT2D eigenvalue weighted by Crippen LogP contribution is -2.32. The van der Waals surface area contributed by atoms with E-state index in [0.717, 1.165) is 13.0 Å². The Morgan fingerprint density at radius 3 is 2.84 bits per heavy atom. The molecule has 0 aliphatic heterocycles. The molecule has 1 rings (SSSR count). The molecule has 0 aromatic carbocycles. The lowest BCUT2D eigenvalue weighted by atomic mass is 10.2. The molecular weight excluding hydrogens is 244 g/mol. The molecule has 0 saturated carbocycles. The minimum atomic E-state index is -1.06. The number of aromatic carboxylic acids is 1. The summed E-state index contributed by atoms with van der Waals surface area (Å²) in [4.78, 5) is 17.0. The number of pyridine rings is 1. The van der Waals surface area contributed by atoms with Gasteiger partial charge in [-0.1, -0.05) is 6.92 Å². The number of hydrogen-bond acceptors (Lipinski definition) is 5. The Balaban J connectivity index is 2.58. The maximum Gasteiger partial charge on any atom is 0.354 e. The predicted molar refractivity (Wildman–Crippen MR) is 76.5 cm³/mol. The van der Waals surface area contributed by atoms with Crippen molar-refractivity contribution in [2.75, 3.05) is 31.2 Å². The number of aromatic nitrogens is 1. The van der Waals surface area contributed by atoms with Crippen molar-refractivity contribution in [1.29, 1.82) is 0 Å². The molecule has 1 aromatic heterocycles. The lowest BCUT2D eigenvalue weighted by Gasteiger charge is -2.23. The maximum absolute atomic E-state index is 10.8. The second-order valence-electron chi connectivity index (χ2n) is 4.60. The van der Waals surface area contributed by atoms with Gasteiger partial charge in [0.1, 0.15) is 5.82 Å². The Hall–Kier alpha value is -1.82. The summed E-state index contributed by atoms with van der Waals surface area (Å²) in [6, 6.07) is 3.46. The molecule has 1 aromatic rings. The highest BCUT2D eigenvalue weighted by molar-refractivity contribution is 5.86. The number of carboxylic acids is 1. The molecule has 0 amide bonds. The summed E-state index contributed by atoms with van der Waals surface area (Å²) < 4.78 is 0. The largest absolute Gasteiger partial charge is 0.477 e. The SMILES string of the molecule is CCC(C)N(C)CCNc1nc(C(=O)O)ccc1N. The molecule has 1 heterocycles. The predicted octanol–water partition coefficient (Wildman–Crippen LogP) is 1.50. The van der Waals surface area contributed by atoms with E-state index < -0.39 is 5.97 Å². The Bertz CT molecular complexity index is 437. The number of rotatable bonds is 7. The first-order valence-corrected chi connectivity index (χ1v) is 6.39. The van der Waals surface area contributed by atoms with Gasteiger partial charge in [-0.25, -0.2) is 9.78 Å². The monoisotopic (exact) mass is 266 g/mol. The van der Waals surface area contributed by atoms with Crippen molar-refractivity contribution in [1.82, 2.24) is 9.88 Å². The summed E-state index contributed by atoms with van der Waals surface area (Å²) in [6.45, 7) is 5.82. The van der Waals surface area contributed by atoms with Crippen molar-refractivity contribution in [2.45, 2.75) is 26.3 Å². The van der Waals surface area contributed by atoms with Gasteiger partial charge < -0.3 is 21.1 Å².